The van der Waals surface area contributed by atoms with E-state index in [2.05, 4.69) is 21.5 Å². The molecule has 0 aromatic carbocycles. The van der Waals surface area contributed by atoms with Crippen LogP contribution in [0.5, 0.6) is 0 Å². The summed E-state index contributed by atoms with van der Waals surface area (Å²) in [6.45, 7) is 3.57. The molecule has 0 bridgehead atoms. The van der Waals surface area contributed by atoms with Crippen LogP contribution in [-0.2, 0) is 6.42 Å². The van der Waals surface area contributed by atoms with Crippen molar-refractivity contribution >= 4 is 11.2 Å². The second-order valence-corrected chi connectivity index (χ2v) is 2.56. The van der Waals surface area contributed by atoms with Crippen LogP contribution < -0.4 is 0 Å². The Morgan fingerprint density at radius 3 is 3.15 bits per heavy atom. The first-order chi connectivity index (χ1) is 6.33. The van der Waals surface area contributed by atoms with Gasteiger partial charge in [-0.25, -0.2) is 15.0 Å². The smallest absolute Gasteiger partial charge is 0.199 e. The van der Waals surface area contributed by atoms with Gasteiger partial charge in [0.15, 0.2) is 11.5 Å². The Hall–Kier alpha value is -1.91. The molecule has 0 saturated carbocycles. The predicted octanol–water partition coefficient (Wildman–Crippen LogP) is 0.792. The summed E-state index contributed by atoms with van der Waals surface area (Å²) in [6, 6.07) is 0. The zero-order valence-corrected chi connectivity index (χ0v) is 6.88. The molecule has 0 aliphatic carbocycles. The summed E-state index contributed by atoms with van der Waals surface area (Å²) >= 11 is 0. The Morgan fingerprint density at radius 1 is 1.62 bits per heavy atom. The van der Waals surface area contributed by atoms with Crippen molar-refractivity contribution in [1.29, 1.82) is 0 Å². The Balaban J connectivity index is 2.66. The van der Waals surface area contributed by atoms with Crippen molar-refractivity contribution in [2.24, 2.45) is 0 Å². The molecular weight excluding hydrogens is 168 g/mol. The molecule has 0 aliphatic heterocycles. The molecule has 0 aliphatic rings. The number of imidazole rings is 1. The normalized spacial score (nSPS) is 10.5. The molecule has 2 rings (SSSR count). The van der Waals surface area contributed by atoms with Crippen LogP contribution >= 0.6 is 0 Å². The van der Waals surface area contributed by atoms with Gasteiger partial charge in [0, 0.05) is 6.42 Å². The van der Waals surface area contributed by atoms with Crippen molar-refractivity contribution in [3.63, 3.8) is 0 Å². The number of allylic oxidation sites excluding steroid dienone is 1. The third-order valence-electron chi connectivity index (χ3n) is 1.69. The molecule has 5 nitrogen and oxygen atoms in total. The number of hydrogen-bond donors (Lipinski definition) is 1. The molecule has 0 saturated heterocycles. The van der Waals surface area contributed by atoms with E-state index in [4.69, 9.17) is 0 Å². The first kappa shape index (κ1) is 7.72. The lowest BCUT2D eigenvalue weighted by Crippen LogP contribution is -1.98. The van der Waals surface area contributed by atoms with E-state index in [9.17, 15) is 5.21 Å². The van der Waals surface area contributed by atoms with Crippen LogP contribution in [0.25, 0.3) is 11.2 Å². The summed E-state index contributed by atoms with van der Waals surface area (Å²) in [6.07, 6.45) is 5.10. The molecule has 5 heteroatoms. The highest BCUT2D eigenvalue weighted by Gasteiger charge is 2.08. The molecule has 0 atom stereocenters. The maximum atomic E-state index is 9.54. The lowest BCUT2D eigenvalue weighted by Gasteiger charge is -1.94. The minimum atomic E-state index is 0.423. The summed E-state index contributed by atoms with van der Waals surface area (Å²) < 4.78 is 0.957. The van der Waals surface area contributed by atoms with Gasteiger partial charge in [-0.15, -0.1) is 6.58 Å². The van der Waals surface area contributed by atoms with Gasteiger partial charge in [-0.2, -0.15) is 4.73 Å². The number of aromatic nitrogens is 4. The Bertz CT molecular complexity index is 448. The van der Waals surface area contributed by atoms with E-state index in [1.165, 1.54) is 6.33 Å². The topological polar surface area (TPSA) is 63.8 Å². The largest absolute Gasteiger partial charge is 0.425 e. The first-order valence-corrected chi connectivity index (χ1v) is 3.80. The molecule has 2 heterocycles. The van der Waals surface area contributed by atoms with Gasteiger partial charge in [-0.05, 0) is 0 Å². The van der Waals surface area contributed by atoms with E-state index in [1.54, 1.807) is 12.3 Å². The second-order valence-electron chi connectivity index (χ2n) is 2.56. The van der Waals surface area contributed by atoms with E-state index in [1.807, 2.05) is 0 Å². The molecule has 0 spiro atoms. The number of nitrogens with zero attached hydrogens (tertiary/aromatic N) is 4. The fourth-order valence-corrected chi connectivity index (χ4v) is 1.13. The molecule has 2 aromatic rings. The van der Waals surface area contributed by atoms with Crippen molar-refractivity contribution in [3.05, 3.63) is 31.0 Å². The van der Waals surface area contributed by atoms with E-state index < -0.39 is 0 Å². The molecule has 0 fully saturated rings. The minimum absolute atomic E-state index is 0.423. The summed E-state index contributed by atoms with van der Waals surface area (Å²) in [4.78, 5) is 11.8. The van der Waals surface area contributed by atoms with Gasteiger partial charge in [0.1, 0.15) is 11.8 Å². The first-order valence-electron chi connectivity index (χ1n) is 3.80. The van der Waals surface area contributed by atoms with Crippen LogP contribution in [0.15, 0.2) is 25.2 Å². The van der Waals surface area contributed by atoms with Gasteiger partial charge in [0.25, 0.3) is 0 Å². The predicted molar refractivity (Wildman–Crippen MR) is 46.4 cm³/mol. The zero-order chi connectivity index (χ0) is 9.26. The van der Waals surface area contributed by atoms with Gasteiger partial charge in [-0.3, -0.25) is 0 Å². The van der Waals surface area contributed by atoms with Crippen molar-refractivity contribution < 1.29 is 5.21 Å². The molecule has 66 valence electrons. The Labute approximate surface area is 74.3 Å². The average molecular weight is 176 g/mol. The standard InChI is InChI=1S/C8H8N4O/c1-2-3-7-11-6-4-9-5-10-8(6)12(7)13/h2,4-5,13H,1,3H2. The van der Waals surface area contributed by atoms with Crippen molar-refractivity contribution in [3.8, 4) is 0 Å². The lowest BCUT2D eigenvalue weighted by atomic mass is 10.4. The summed E-state index contributed by atoms with van der Waals surface area (Å²) in [7, 11) is 0. The fourth-order valence-electron chi connectivity index (χ4n) is 1.13. The van der Waals surface area contributed by atoms with E-state index in [0.29, 0.717) is 23.4 Å². The van der Waals surface area contributed by atoms with Crippen LogP contribution in [0.1, 0.15) is 5.82 Å². The van der Waals surface area contributed by atoms with Gasteiger partial charge in [-0.1, -0.05) is 6.08 Å². The van der Waals surface area contributed by atoms with Crippen molar-refractivity contribution in [2.75, 3.05) is 0 Å². The third kappa shape index (κ3) is 1.14. The maximum absolute atomic E-state index is 9.54. The summed E-state index contributed by atoms with van der Waals surface area (Å²) in [5.74, 6) is 0.519. The van der Waals surface area contributed by atoms with Crippen LogP contribution in [0, 0.1) is 0 Å². The van der Waals surface area contributed by atoms with Crippen LogP contribution in [0.2, 0.25) is 0 Å². The number of fused-ring (bicyclic) bond motifs is 1. The van der Waals surface area contributed by atoms with Crippen LogP contribution in [0.4, 0.5) is 0 Å². The minimum Gasteiger partial charge on any atom is -0.425 e. The Morgan fingerprint density at radius 2 is 2.46 bits per heavy atom. The molecule has 0 amide bonds. The molecule has 0 radical (unpaired) electrons. The second kappa shape index (κ2) is 2.85. The van der Waals surface area contributed by atoms with Crippen LogP contribution in [0.3, 0.4) is 0 Å². The highest BCUT2D eigenvalue weighted by atomic mass is 16.5. The summed E-state index contributed by atoms with van der Waals surface area (Å²) in [5.41, 5.74) is 1.01. The number of rotatable bonds is 2. The molecule has 13 heavy (non-hydrogen) atoms. The Kier molecular flexibility index (Phi) is 1.70. The lowest BCUT2D eigenvalue weighted by molar-refractivity contribution is 0.187. The molecular formula is C8H8N4O. The highest BCUT2D eigenvalue weighted by molar-refractivity contribution is 5.69. The summed E-state index contributed by atoms with van der Waals surface area (Å²) in [5, 5.41) is 9.54. The molecule has 2 aromatic heterocycles. The average Bonchev–Trinajstić information content (AvgIpc) is 2.46. The third-order valence-corrected chi connectivity index (χ3v) is 1.69. The quantitative estimate of drug-likeness (QED) is 0.542. The van der Waals surface area contributed by atoms with E-state index >= 15 is 0 Å². The fraction of sp³-hybridized carbons (Fsp3) is 0.125. The van der Waals surface area contributed by atoms with Gasteiger partial charge in [0.05, 0.1) is 6.20 Å². The van der Waals surface area contributed by atoms with E-state index in [-0.39, 0.29) is 0 Å². The SMILES string of the molecule is C=CCc1nc2cncnc2n1O. The zero-order valence-electron chi connectivity index (χ0n) is 6.88. The van der Waals surface area contributed by atoms with Crippen molar-refractivity contribution in [1.82, 2.24) is 19.7 Å². The molecule has 0 unspecified atom stereocenters. The number of hydrogen-bond acceptors (Lipinski definition) is 4. The maximum Gasteiger partial charge on any atom is 0.199 e. The van der Waals surface area contributed by atoms with Crippen LogP contribution in [-0.4, -0.2) is 24.9 Å². The molecule has 1 N–H and O–H groups in total. The highest BCUT2D eigenvalue weighted by Crippen LogP contribution is 2.10. The monoisotopic (exact) mass is 176 g/mol. The van der Waals surface area contributed by atoms with Gasteiger partial charge < -0.3 is 5.21 Å². The van der Waals surface area contributed by atoms with Gasteiger partial charge >= 0.3 is 0 Å². The van der Waals surface area contributed by atoms with E-state index in [0.717, 1.165) is 4.73 Å². The van der Waals surface area contributed by atoms with Gasteiger partial charge in [0.2, 0.25) is 0 Å². The van der Waals surface area contributed by atoms with Crippen molar-refractivity contribution in [2.45, 2.75) is 6.42 Å².